The van der Waals surface area contributed by atoms with Gasteiger partial charge in [-0.2, -0.15) is 0 Å². The molecule has 2 aromatic heterocycles. The van der Waals surface area contributed by atoms with Gasteiger partial charge in [0.1, 0.15) is 5.65 Å². The third kappa shape index (κ3) is 7.07. The van der Waals surface area contributed by atoms with Gasteiger partial charge in [-0.15, -0.1) is 0 Å². The summed E-state index contributed by atoms with van der Waals surface area (Å²) in [4.78, 5) is 18.5. The van der Waals surface area contributed by atoms with Crippen molar-refractivity contribution >= 4 is 28.7 Å². The van der Waals surface area contributed by atoms with Gasteiger partial charge in [0.2, 0.25) is 0 Å². The molecule has 0 amide bonds. The first-order valence-corrected chi connectivity index (χ1v) is 12.7. The predicted octanol–water partition coefficient (Wildman–Crippen LogP) is 6.80. The fourth-order valence-electron chi connectivity index (χ4n) is 4.56. The number of imidazole rings is 1. The van der Waals surface area contributed by atoms with E-state index in [-0.39, 0.29) is 5.78 Å². The van der Waals surface area contributed by atoms with Gasteiger partial charge in [-0.3, -0.25) is 4.79 Å². The molecule has 1 saturated carbocycles. The minimum atomic E-state index is 0.0888. The second kappa shape index (κ2) is 13.5. The maximum Gasteiger partial charge on any atom is 0.160 e. The first kappa shape index (κ1) is 27.9. The molecule has 0 spiro atoms. The SMILES string of the molecule is CCN(c1cc(Cl)cc(C(C)=O)c1C)C1CCCCC1.CNC.Cc1ccn2ccnc2c1C. The molecule has 1 aliphatic carbocycles. The quantitative estimate of drug-likeness (QED) is 0.414. The number of nitrogens with zero attached hydrogens (tertiary/aromatic N) is 3. The Kier molecular flexibility index (Phi) is 11.1. The molecule has 34 heavy (non-hydrogen) atoms. The Morgan fingerprint density at radius 3 is 2.35 bits per heavy atom. The van der Waals surface area contributed by atoms with E-state index < -0.39 is 0 Å². The summed E-state index contributed by atoms with van der Waals surface area (Å²) in [6.07, 6.45) is 12.3. The summed E-state index contributed by atoms with van der Waals surface area (Å²) in [5, 5.41) is 3.41. The highest BCUT2D eigenvalue weighted by molar-refractivity contribution is 6.31. The van der Waals surface area contributed by atoms with Crippen molar-refractivity contribution < 1.29 is 4.79 Å². The van der Waals surface area contributed by atoms with Gasteiger partial charge >= 0.3 is 0 Å². The Morgan fingerprint density at radius 1 is 1.12 bits per heavy atom. The van der Waals surface area contributed by atoms with Crippen molar-refractivity contribution in [3.8, 4) is 0 Å². The van der Waals surface area contributed by atoms with Gasteiger partial charge < -0.3 is 14.6 Å². The molecule has 1 fully saturated rings. The normalized spacial score (nSPS) is 13.5. The molecule has 6 heteroatoms. The molecular formula is C28H41ClN4O. The third-order valence-corrected chi connectivity index (χ3v) is 6.69. The number of aryl methyl sites for hydroxylation is 2. The molecule has 3 aromatic rings. The lowest BCUT2D eigenvalue weighted by Crippen LogP contribution is -2.37. The standard InChI is InChI=1S/C17H24ClNO.C9H10N2.C2H7N/c1-4-19(15-8-6-5-7-9-15)17-11-14(18)10-16(12(17)2)13(3)20;1-7-3-5-11-6-4-10-9(11)8(7)2;1-3-2/h10-11,15H,4-9H2,1-3H3;3-6H,1-2H3;3H,1-2H3. The zero-order chi connectivity index (χ0) is 25.3. The van der Waals surface area contributed by atoms with Gasteiger partial charge in [0.05, 0.1) is 0 Å². The van der Waals surface area contributed by atoms with Crippen LogP contribution in [-0.2, 0) is 0 Å². The minimum absolute atomic E-state index is 0.0888. The molecule has 186 valence electrons. The Balaban J connectivity index is 0.000000243. The Bertz CT molecular complexity index is 1070. The Morgan fingerprint density at radius 2 is 1.76 bits per heavy atom. The van der Waals surface area contributed by atoms with E-state index in [1.807, 2.05) is 50.1 Å². The number of pyridine rings is 1. The first-order chi connectivity index (χ1) is 16.2. The first-order valence-electron chi connectivity index (χ1n) is 12.3. The molecule has 0 radical (unpaired) electrons. The van der Waals surface area contributed by atoms with E-state index >= 15 is 0 Å². The number of ketones is 1. The number of hydrogen-bond donors (Lipinski definition) is 1. The third-order valence-electron chi connectivity index (χ3n) is 6.47. The van der Waals surface area contributed by atoms with E-state index in [1.54, 1.807) is 13.0 Å². The molecule has 0 aliphatic heterocycles. The van der Waals surface area contributed by atoms with Crippen LogP contribution in [0.1, 0.15) is 73.0 Å². The highest BCUT2D eigenvalue weighted by Crippen LogP contribution is 2.33. The fourth-order valence-corrected chi connectivity index (χ4v) is 4.78. The molecule has 0 saturated heterocycles. The van der Waals surface area contributed by atoms with Crippen molar-refractivity contribution in [1.82, 2.24) is 14.7 Å². The van der Waals surface area contributed by atoms with Crippen LogP contribution in [0.5, 0.6) is 0 Å². The van der Waals surface area contributed by atoms with Crippen molar-refractivity contribution in [3.63, 3.8) is 0 Å². The van der Waals surface area contributed by atoms with Crippen LogP contribution < -0.4 is 10.2 Å². The number of fused-ring (bicyclic) bond motifs is 1. The van der Waals surface area contributed by atoms with E-state index in [0.717, 1.165) is 29.0 Å². The Hall–Kier alpha value is -2.37. The lowest BCUT2D eigenvalue weighted by molar-refractivity contribution is 0.101. The summed E-state index contributed by atoms with van der Waals surface area (Å²) >= 11 is 6.23. The Labute approximate surface area is 210 Å². The van der Waals surface area contributed by atoms with E-state index in [1.165, 1.54) is 43.2 Å². The van der Waals surface area contributed by atoms with Crippen LogP contribution in [0.4, 0.5) is 5.69 Å². The molecule has 5 nitrogen and oxygen atoms in total. The number of aromatic nitrogens is 2. The number of carbonyl (C=O) groups is 1. The molecular weight excluding hydrogens is 444 g/mol. The smallest absolute Gasteiger partial charge is 0.160 e. The van der Waals surface area contributed by atoms with E-state index in [4.69, 9.17) is 11.6 Å². The second-order valence-corrected chi connectivity index (χ2v) is 9.45. The predicted molar refractivity (Wildman–Crippen MR) is 146 cm³/mol. The molecule has 0 bridgehead atoms. The van der Waals surface area contributed by atoms with Crippen molar-refractivity contribution in [2.24, 2.45) is 0 Å². The molecule has 0 unspecified atom stereocenters. The molecule has 0 atom stereocenters. The van der Waals surface area contributed by atoms with Gasteiger partial charge in [0.15, 0.2) is 5.78 Å². The minimum Gasteiger partial charge on any atom is -0.369 e. The van der Waals surface area contributed by atoms with Crippen LogP contribution in [0.3, 0.4) is 0 Å². The monoisotopic (exact) mass is 484 g/mol. The zero-order valence-corrected chi connectivity index (χ0v) is 22.7. The number of rotatable bonds is 4. The summed E-state index contributed by atoms with van der Waals surface area (Å²) in [5.41, 5.74) is 6.57. The van der Waals surface area contributed by atoms with E-state index in [9.17, 15) is 4.79 Å². The summed E-state index contributed by atoms with van der Waals surface area (Å²) in [6.45, 7) is 11.0. The zero-order valence-electron chi connectivity index (χ0n) is 21.9. The van der Waals surface area contributed by atoms with Crippen LogP contribution >= 0.6 is 11.6 Å². The van der Waals surface area contributed by atoms with Gasteiger partial charge in [-0.1, -0.05) is 30.9 Å². The number of benzene rings is 1. The molecule has 4 rings (SSSR count). The lowest BCUT2D eigenvalue weighted by atomic mass is 9.92. The number of anilines is 1. The highest BCUT2D eigenvalue weighted by Gasteiger charge is 2.23. The van der Waals surface area contributed by atoms with Crippen LogP contribution in [0.15, 0.2) is 36.8 Å². The van der Waals surface area contributed by atoms with E-state index in [2.05, 4.69) is 42.0 Å². The van der Waals surface area contributed by atoms with Crippen molar-refractivity contribution in [2.75, 3.05) is 25.5 Å². The maximum atomic E-state index is 11.8. The van der Waals surface area contributed by atoms with Gasteiger partial charge in [0.25, 0.3) is 0 Å². The van der Waals surface area contributed by atoms with Crippen LogP contribution in [0.25, 0.3) is 5.65 Å². The average Bonchev–Trinajstić information content (AvgIpc) is 3.30. The largest absolute Gasteiger partial charge is 0.369 e. The van der Waals surface area contributed by atoms with Crippen LogP contribution in [0.2, 0.25) is 5.02 Å². The summed E-state index contributed by atoms with van der Waals surface area (Å²) < 4.78 is 2.03. The second-order valence-electron chi connectivity index (χ2n) is 9.01. The number of carbonyl (C=O) groups excluding carboxylic acids is 1. The number of halogens is 1. The van der Waals surface area contributed by atoms with E-state index in [0.29, 0.717) is 11.1 Å². The number of hydrogen-bond acceptors (Lipinski definition) is 4. The summed E-state index contributed by atoms with van der Waals surface area (Å²) in [6, 6.07) is 6.49. The van der Waals surface area contributed by atoms with Gasteiger partial charge in [-0.05, 0) is 96.4 Å². The summed E-state index contributed by atoms with van der Waals surface area (Å²) in [7, 11) is 3.75. The topological polar surface area (TPSA) is 49.6 Å². The average molecular weight is 485 g/mol. The van der Waals surface area contributed by atoms with Crippen molar-refractivity contribution in [1.29, 1.82) is 0 Å². The lowest BCUT2D eigenvalue weighted by Gasteiger charge is -2.36. The molecule has 1 aromatic carbocycles. The number of nitrogens with one attached hydrogen (secondary N) is 1. The van der Waals surface area contributed by atoms with Crippen molar-refractivity contribution in [2.45, 2.75) is 72.8 Å². The van der Waals surface area contributed by atoms with Crippen LogP contribution in [-0.4, -0.2) is 41.8 Å². The van der Waals surface area contributed by atoms with Gasteiger partial charge in [0, 0.05) is 47.5 Å². The highest BCUT2D eigenvalue weighted by atomic mass is 35.5. The van der Waals surface area contributed by atoms with Gasteiger partial charge in [-0.25, -0.2) is 4.98 Å². The summed E-state index contributed by atoms with van der Waals surface area (Å²) in [5.74, 6) is 0.0888. The maximum absolute atomic E-state index is 11.8. The molecule has 1 N–H and O–H groups in total. The van der Waals surface area contributed by atoms with Crippen LogP contribution in [0, 0.1) is 20.8 Å². The molecule has 1 aliphatic rings. The number of Topliss-reactive ketones (excluding diaryl/α,β-unsaturated/α-hetero) is 1. The van der Waals surface area contributed by atoms with Crippen molar-refractivity contribution in [3.05, 3.63) is 64.1 Å². The fraction of sp³-hybridized carbons (Fsp3) is 0.500. The molecule has 2 heterocycles.